The van der Waals surface area contributed by atoms with Crippen LogP contribution in [0.5, 0.6) is 5.75 Å². The maximum Gasteiger partial charge on any atom is 0.137 e. The van der Waals surface area contributed by atoms with Crippen molar-refractivity contribution in [3.8, 4) is 11.8 Å². The summed E-state index contributed by atoms with van der Waals surface area (Å²) in [6.07, 6.45) is 1.09. The molecule has 0 bridgehead atoms. The van der Waals surface area contributed by atoms with Crippen molar-refractivity contribution in [3.05, 3.63) is 29.8 Å². The molecule has 74 valence electrons. The summed E-state index contributed by atoms with van der Waals surface area (Å²) in [4.78, 5) is 0. The third-order valence-electron chi connectivity index (χ3n) is 2.23. The van der Waals surface area contributed by atoms with Crippen LogP contribution in [0.15, 0.2) is 24.3 Å². The molecule has 0 aromatic heterocycles. The number of benzene rings is 1. The van der Waals surface area contributed by atoms with Crippen molar-refractivity contribution in [2.45, 2.75) is 20.3 Å². The highest BCUT2D eigenvalue weighted by molar-refractivity contribution is 5.42. The molecule has 0 aliphatic carbocycles. The van der Waals surface area contributed by atoms with Crippen molar-refractivity contribution >= 4 is 0 Å². The molecule has 0 amide bonds. The Morgan fingerprint density at radius 1 is 1.43 bits per heavy atom. The lowest BCUT2D eigenvalue weighted by Gasteiger charge is -2.11. The molecule has 0 saturated carbocycles. The molecular formula is C12H15NO. The summed E-state index contributed by atoms with van der Waals surface area (Å²) in [5.41, 5.74) is 0.607. The highest BCUT2D eigenvalue weighted by Crippen LogP contribution is 2.17. The molecule has 2 heteroatoms. The Balaban J connectivity index is 2.63. The van der Waals surface area contributed by atoms with Crippen molar-refractivity contribution in [1.29, 1.82) is 5.26 Å². The van der Waals surface area contributed by atoms with Crippen LogP contribution in [0, 0.1) is 17.2 Å². The molecule has 0 heterocycles. The number of ether oxygens (including phenoxy) is 1. The second-order valence-electron chi connectivity index (χ2n) is 3.43. The normalized spacial score (nSPS) is 11.8. The van der Waals surface area contributed by atoms with E-state index < -0.39 is 0 Å². The Kier molecular flexibility index (Phi) is 4.00. The monoisotopic (exact) mass is 189 g/mol. The van der Waals surface area contributed by atoms with Crippen LogP contribution in [0.1, 0.15) is 25.8 Å². The van der Waals surface area contributed by atoms with E-state index in [-0.39, 0.29) is 0 Å². The van der Waals surface area contributed by atoms with Crippen LogP contribution in [0.3, 0.4) is 0 Å². The highest BCUT2D eigenvalue weighted by Gasteiger charge is 2.03. The number of nitriles is 1. The van der Waals surface area contributed by atoms with Crippen LogP contribution in [0.4, 0.5) is 0 Å². The zero-order valence-corrected chi connectivity index (χ0v) is 8.66. The lowest BCUT2D eigenvalue weighted by Crippen LogP contribution is -2.07. The SMILES string of the molecule is CCC(C)COc1ccccc1C#N. The summed E-state index contributed by atoms with van der Waals surface area (Å²) >= 11 is 0. The number of rotatable bonds is 4. The van der Waals surface area contributed by atoms with E-state index in [1.165, 1.54) is 0 Å². The second kappa shape index (κ2) is 5.29. The molecule has 0 aliphatic heterocycles. The lowest BCUT2D eigenvalue weighted by molar-refractivity contribution is 0.256. The third kappa shape index (κ3) is 2.77. The Morgan fingerprint density at radius 3 is 2.79 bits per heavy atom. The second-order valence-corrected chi connectivity index (χ2v) is 3.43. The molecule has 1 rings (SSSR count). The van der Waals surface area contributed by atoms with Crippen LogP contribution < -0.4 is 4.74 Å². The van der Waals surface area contributed by atoms with E-state index in [0.717, 1.165) is 6.42 Å². The van der Waals surface area contributed by atoms with Crippen molar-refractivity contribution < 1.29 is 4.74 Å². The van der Waals surface area contributed by atoms with Crippen molar-refractivity contribution in [1.82, 2.24) is 0 Å². The zero-order valence-electron chi connectivity index (χ0n) is 8.66. The molecule has 1 aromatic carbocycles. The summed E-state index contributed by atoms with van der Waals surface area (Å²) in [5, 5.41) is 8.81. The van der Waals surface area contributed by atoms with Gasteiger partial charge in [0.2, 0.25) is 0 Å². The van der Waals surface area contributed by atoms with Gasteiger partial charge in [0.1, 0.15) is 11.8 Å². The molecule has 1 aromatic rings. The molecule has 1 atom stereocenters. The Hall–Kier alpha value is -1.49. The van der Waals surface area contributed by atoms with Crippen molar-refractivity contribution in [2.75, 3.05) is 6.61 Å². The maximum atomic E-state index is 8.81. The van der Waals surface area contributed by atoms with E-state index in [0.29, 0.717) is 23.8 Å². The summed E-state index contributed by atoms with van der Waals surface area (Å²) in [7, 11) is 0. The Bertz CT molecular complexity index is 327. The first-order valence-electron chi connectivity index (χ1n) is 4.89. The van der Waals surface area contributed by atoms with E-state index in [1.807, 2.05) is 18.2 Å². The summed E-state index contributed by atoms with van der Waals surface area (Å²) < 4.78 is 5.56. The minimum absolute atomic E-state index is 0.529. The topological polar surface area (TPSA) is 33.0 Å². The molecule has 14 heavy (non-hydrogen) atoms. The van der Waals surface area contributed by atoms with Gasteiger partial charge in [0, 0.05) is 0 Å². The number of hydrogen-bond acceptors (Lipinski definition) is 2. The highest BCUT2D eigenvalue weighted by atomic mass is 16.5. The number of para-hydroxylation sites is 1. The smallest absolute Gasteiger partial charge is 0.137 e. The van der Waals surface area contributed by atoms with Crippen molar-refractivity contribution in [3.63, 3.8) is 0 Å². The van der Waals surface area contributed by atoms with E-state index >= 15 is 0 Å². The van der Waals surface area contributed by atoms with Crippen molar-refractivity contribution in [2.24, 2.45) is 5.92 Å². The van der Waals surface area contributed by atoms with Gasteiger partial charge in [-0.3, -0.25) is 0 Å². The largest absolute Gasteiger partial charge is 0.492 e. The summed E-state index contributed by atoms with van der Waals surface area (Å²) in [6.45, 7) is 4.94. The van der Waals surface area contributed by atoms with E-state index in [2.05, 4.69) is 19.9 Å². The number of hydrogen-bond donors (Lipinski definition) is 0. The van der Waals surface area contributed by atoms with Gasteiger partial charge in [0.15, 0.2) is 0 Å². The molecule has 0 aliphatic rings. The quantitative estimate of drug-likeness (QED) is 0.729. The van der Waals surface area contributed by atoms with Gasteiger partial charge >= 0.3 is 0 Å². The molecular weight excluding hydrogens is 174 g/mol. The van der Waals surface area contributed by atoms with Gasteiger partial charge in [-0.15, -0.1) is 0 Å². The van der Waals surface area contributed by atoms with Crippen LogP contribution >= 0.6 is 0 Å². The van der Waals surface area contributed by atoms with Gasteiger partial charge in [-0.05, 0) is 18.1 Å². The molecule has 2 nitrogen and oxygen atoms in total. The molecule has 0 spiro atoms. The van der Waals surface area contributed by atoms with Gasteiger partial charge in [0.25, 0.3) is 0 Å². The molecule has 1 unspecified atom stereocenters. The maximum absolute atomic E-state index is 8.81. The molecule has 0 saturated heterocycles. The summed E-state index contributed by atoms with van der Waals surface area (Å²) in [5.74, 6) is 1.22. The van der Waals surface area contributed by atoms with Gasteiger partial charge in [0.05, 0.1) is 12.2 Å². The first kappa shape index (κ1) is 10.6. The summed E-state index contributed by atoms with van der Waals surface area (Å²) in [6, 6.07) is 9.44. The van der Waals surface area contributed by atoms with Crippen LogP contribution in [-0.4, -0.2) is 6.61 Å². The fourth-order valence-corrected chi connectivity index (χ4v) is 1.03. The third-order valence-corrected chi connectivity index (χ3v) is 2.23. The first-order valence-corrected chi connectivity index (χ1v) is 4.89. The molecule has 0 fully saturated rings. The molecule has 0 N–H and O–H groups in total. The van der Waals surface area contributed by atoms with Gasteiger partial charge in [-0.1, -0.05) is 32.4 Å². The Morgan fingerprint density at radius 2 is 2.14 bits per heavy atom. The predicted octanol–water partition coefficient (Wildman–Crippen LogP) is 2.98. The average Bonchev–Trinajstić information content (AvgIpc) is 2.26. The molecule has 0 radical (unpaired) electrons. The van der Waals surface area contributed by atoms with Gasteiger partial charge in [-0.25, -0.2) is 0 Å². The van der Waals surface area contributed by atoms with Gasteiger partial charge in [-0.2, -0.15) is 5.26 Å². The van der Waals surface area contributed by atoms with Crippen LogP contribution in [0.2, 0.25) is 0 Å². The Labute approximate surface area is 85.1 Å². The van der Waals surface area contributed by atoms with E-state index in [9.17, 15) is 0 Å². The van der Waals surface area contributed by atoms with Gasteiger partial charge < -0.3 is 4.74 Å². The lowest BCUT2D eigenvalue weighted by atomic mass is 10.1. The predicted molar refractivity (Wildman–Crippen MR) is 56.1 cm³/mol. The van der Waals surface area contributed by atoms with Crippen LogP contribution in [0.25, 0.3) is 0 Å². The fourth-order valence-electron chi connectivity index (χ4n) is 1.03. The zero-order chi connectivity index (χ0) is 10.4. The fraction of sp³-hybridized carbons (Fsp3) is 0.417. The standard InChI is InChI=1S/C12H15NO/c1-3-10(2)9-14-12-7-5-4-6-11(12)8-13/h4-7,10H,3,9H2,1-2H3. The van der Waals surface area contributed by atoms with E-state index in [1.54, 1.807) is 6.07 Å². The van der Waals surface area contributed by atoms with E-state index in [4.69, 9.17) is 10.00 Å². The average molecular weight is 189 g/mol. The first-order chi connectivity index (χ1) is 6.77. The minimum atomic E-state index is 0.529. The number of nitrogens with zero attached hydrogens (tertiary/aromatic N) is 1. The minimum Gasteiger partial charge on any atom is -0.492 e. The van der Waals surface area contributed by atoms with Crippen LogP contribution in [-0.2, 0) is 0 Å².